The molecule has 0 aliphatic heterocycles. The molecule has 2 rings (SSSR count). The number of nitro benzene ring substituents is 1. The third-order valence-electron chi connectivity index (χ3n) is 2.46. The average molecular weight is 232 g/mol. The highest BCUT2D eigenvalue weighted by atomic mass is 16.6. The van der Waals surface area contributed by atoms with Gasteiger partial charge < -0.3 is 10.3 Å². The molecule has 1 heterocycles. The largest absolute Gasteiger partial charge is 0.329 e. The van der Waals surface area contributed by atoms with Gasteiger partial charge in [0.2, 0.25) is 0 Å². The zero-order valence-corrected chi connectivity index (χ0v) is 9.11. The molecule has 0 saturated carbocycles. The van der Waals surface area contributed by atoms with Gasteiger partial charge in [-0.25, -0.2) is 4.98 Å². The monoisotopic (exact) mass is 232 g/mol. The molecule has 0 aliphatic carbocycles. The maximum Gasteiger partial charge on any atom is 0.269 e. The number of nitrogens with two attached hydrogens (primary N) is 1. The van der Waals surface area contributed by atoms with Gasteiger partial charge in [0.25, 0.3) is 5.69 Å². The molecule has 0 bridgehead atoms. The first-order valence-electron chi connectivity index (χ1n) is 5.14. The molecule has 2 aromatic rings. The van der Waals surface area contributed by atoms with Crippen LogP contribution >= 0.6 is 0 Å². The summed E-state index contributed by atoms with van der Waals surface area (Å²) in [7, 11) is 0. The van der Waals surface area contributed by atoms with Crippen molar-refractivity contribution >= 4 is 5.69 Å². The Bertz CT molecular complexity index is 536. The van der Waals surface area contributed by atoms with E-state index in [1.807, 2.05) is 10.6 Å². The van der Waals surface area contributed by atoms with E-state index in [2.05, 4.69) is 4.98 Å². The van der Waals surface area contributed by atoms with Crippen molar-refractivity contribution in [1.82, 2.24) is 9.55 Å². The second kappa shape index (κ2) is 4.75. The van der Waals surface area contributed by atoms with Gasteiger partial charge in [-0.05, 0) is 5.56 Å². The van der Waals surface area contributed by atoms with Crippen LogP contribution in [0, 0.1) is 10.1 Å². The maximum atomic E-state index is 10.6. The van der Waals surface area contributed by atoms with E-state index in [9.17, 15) is 10.1 Å². The first kappa shape index (κ1) is 11.3. The van der Waals surface area contributed by atoms with Crippen molar-refractivity contribution in [3.8, 4) is 0 Å². The van der Waals surface area contributed by atoms with E-state index in [4.69, 9.17) is 5.73 Å². The summed E-state index contributed by atoms with van der Waals surface area (Å²) in [5, 5.41) is 10.6. The van der Waals surface area contributed by atoms with Crippen molar-refractivity contribution in [2.75, 3.05) is 0 Å². The van der Waals surface area contributed by atoms with Crippen LogP contribution in [0.1, 0.15) is 11.4 Å². The molecule has 2 N–H and O–H groups in total. The molecular formula is C11H12N4O2. The molecule has 1 aromatic heterocycles. The number of hydrogen-bond acceptors (Lipinski definition) is 4. The second-order valence-electron chi connectivity index (χ2n) is 3.60. The number of non-ortho nitro benzene ring substituents is 1. The number of aromatic nitrogens is 2. The van der Waals surface area contributed by atoms with Crippen LogP contribution in [0.2, 0.25) is 0 Å². The smallest absolute Gasteiger partial charge is 0.269 e. The molecule has 0 atom stereocenters. The zero-order chi connectivity index (χ0) is 12.3. The minimum atomic E-state index is -0.402. The fourth-order valence-corrected chi connectivity index (χ4v) is 1.64. The Morgan fingerprint density at radius 3 is 3.00 bits per heavy atom. The minimum Gasteiger partial charge on any atom is -0.329 e. The van der Waals surface area contributed by atoms with Crippen LogP contribution in [-0.2, 0) is 13.1 Å². The van der Waals surface area contributed by atoms with Crippen molar-refractivity contribution in [2.45, 2.75) is 13.1 Å². The van der Waals surface area contributed by atoms with Crippen molar-refractivity contribution in [1.29, 1.82) is 0 Å². The molecule has 0 fully saturated rings. The molecule has 0 saturated heterocycles. The average Bonchev–Trinajstić information content (AvgIpc) is 2.76. The van der Waals surface area contributed by atoms with Crippen LogP contribution < -0.4 is 5.73 Å². The van der Waals surface area contributed by atoms with E-state index in [1.165, 1.54) is 6.07 Å². The topological polar surface area (TPSA) is 87.0 Å². The van der Waals surface area contributed by atoms with E-state index in [0.29, 0.717) is 13.1 Å². The van der Waals surface area contributed by atoms with Gasteiger partial charge in [-0.15, -0.1) is 0 Å². The molecule has 17 heavy (non-hydrogen) atoms. The summed E-state index contributed by atoms with van der Waals surface area (Å²) in [6.07, 6.45) is 3.47. The van der Waals surface area contributed by atoms with Crippen molar-refractivity contribution in [3.05, 3.63) is 58.2 Å². The molecule has 0 spiro atoms. The lowest BCUT2D eigenvalue weighted by Crippen LogP contribution is -2.08. The molecule has 88 valence electrons. The summed E-state index contributed by atoms with van der Waals surface area (Å²) in [4.78, 5) is 14.3. The van der Waals surface area contributed by atoms with Crippen LogP contribution in [0.5, 0.6) is 0 Å². The van der Waals surface area contributed by atoms with Gasteiger partial charge in [0.05, 0.1) is 11.5 Å². The lowest BCUT2D eigenvalue weighted by atomic mass is 10.2. The summed E-state index contributed by atoms with van der Waals surface area (Å²) in [5.74, 6) is 0.761. The molecule has 0 aliphatic rings. The molecular weight excluding hydrogens is 220 g/mol. The normalized spacial score (nSPS) is 10.4. The lowest BCUT2D eigenvalue weighted by Gasteiger charge is -2.06. The van der Waals surface area contributed by atoms with Gasteiger partial charge >= 0.3 is 0 Å². The van der Waals surface area contributed by atoms with Crippen LogP contribution in [0.3, 0.4) is 0 Å². The quantitative estimate of drug-likeness (QED) is 0.635. The summed E-state index contributed by atoms with van der Waals surface area (Å²) in [6, 6.07) is 6.54. The zero-order valence-electron chi connectivity index (χ0n) is 9.11. The van der Waals surface area contributed by atoms with Gasteiger partial charge in [0, 0.05) is 31.1 Å². The fourth-order valence-electron chi connectivity index (χ4n) is 1.64. The Morgan fingerprint density at radius 1 is 1.47 bits per heavy atom. The van der Waals surface area contributed by atoms with E-state index in [1.54, 1.807) is 24.5 Å². The number of rotatable bonds is 4. The summed E-state index contributed by atoms with van der Waals surface area (Å²) >= 11 is 0. The Balaban J connectivity index is 2.24. The third kappa shape index (κ3) is 2.48. The summed E-state index contributed by atoms with van der Waals surface area (Å²) < 4.78 is 1.87. The summed E-state index contributed by atoms with van der Waals surface area (Å²) in [5.41, 5.74) is 6.48. The van der Waals surface area contributed by atoms with E-state index in [0.717, 1.165) is 11.4 Å². The number of hydrogen-bond donors (Lipinski definition) is 1. The Kier molecular flexibility index (Phi) is 3.15. The second-order valence-corrected chi connectivity index (χ2v) is 3.60. The number of benzene rings is 1. The third-order valence-corrected chi connectivity index (χ3v) is 2.46. The van der Waals surface area contributed by atoms with Crippen LogP contribution in [0.4, 0.5) is 5.69 Å². The highest BCUT2D eigenvalue weighted by molar-refractivity contribution is 5.34. The highest BCUT2D eigenvalue weighted by Crippen LogP contribution is 2.14. The van der Waals surface area contributed by atoms with Crippen molar-refractivity contribution in [2.24, 2.45) is 5.73 Å². The van der Waals surface area contributed by atoms with E-state index < -0.39 is 4.92 Å². The summed E-state index contributed by atoms with van der Waals surface area (Å²) in [6.45, 7) is 0.885. The standard InChI is InChI=1S/C11H12N4O2/c12-7-11-13-4-5-14(11)8-9-2-1-3-10(6-9)15(16)17/h1-6H,7-8,12H2. The molecule has 0 radical (unpaired) electrons. The maximum absolute atomic E-state index is 10.6. The predicted octanol–water partition coefficient (Wildman–Crippen LogP) is 1.30. The van der Waals surface area contributed by atoms with Gasteiger partial charge in [0.1, 0.15) is 5.82 Å². The Morgan fingerprint density at radius 2 is 2.29 bits per heavy atom. The van der Waals surface area contributed by atoms with E-state index in [-0.39, 0.29) is 5.69 Å². The number of nitrogens with zero attached hydrogens (tertiary/aromatic N) is 3. The fraction of sp³-hybridized carbons (Fsp3) is 0.182. The van der Waals surface area contributed by atoms with Gasteiger partial charge in [-0.3, -0.25) is 10.1 Å². The molecule has 0 unspecified atom stereocenters. The van der Waals surface area contributed by atoms with Gasteiger partial charge in [0.15, 0.2) is 0 Å². The predicted molar refractivity (Wildman–Crippen MR) is 62.3 cm³/mol. The first-order valence-corrected chi connectivity index (χ1v) is 5.14. The Labute approximate surface area is 97.9 Å². The Hall–Kier alpha value is -2.21. The van der Waals surface area contributed by atoms with Crippen molar-refractivity contribution in [3.63, 3.8) is 0 Å². The highest BCUT2D eigenvalue weighted by Gasteiger charge is 2.07. The van der Waals surface area contributed by atoms with Crippen LogP contribution in [-0.4, -0.2) is 14.5 Å². The molecule has 6 heteroatoms. The van der Waals surface area contributed by atoms with Crippen LogP contribution in [0.15, 0.2) is 36.7 Å². The van der Waals surface area contributed by atoms with E-state index >= 15 is 0 Å². The first-order chi connectivity index (χ1) is 8.20. The van der Waals surface area contributed by atoms with Gasteiger partial charge in [-0.2, -0.15) is 0 Å². The van der Waals surface area contributed by atoms with Crippen molar-refractivity contribution < 1.29 is 4.92 Å². The molecule has 0 amide bonds. The number of imidazole rings is 1. The lowest BCUT2D eigenvalue weighted by molar-refractivity contribution is -0.384. The minimum absolute atomic E-state index is 0.0944. The number of nitro groups is 1. The SMILES string of the molecule is NCc1nccn1Cc1cccc([N+](=O)[O-])c1. The molecule has 6 nitrogen and oxygen atoms in total. The van der Waals surface area contributed by atoms with Gasteiger partial charge in [-0.1, -0.05) is 12.1 Å². The molecule has 1 aromatic carbocycles. The van der Waals surface area contributed by atoms with Crippen LogP contribution in [0.25, 0.3) is 0 Å².